The van der Waals surface area contributed by atoms with E-state index in [1.165, 1.54) is 19.3 Å². The van der Waals surface area contributed by atoms with Crippen molar-refractivity contribution in [1.29, 1.82) is 0 Å². The van der Waals surface area contributed by atoms with Gasteiger partial charge >= 0.3 is 0 Å². The fourth-order valence-electron chi connectivity index (χ4n) is 2.39. The molecule has 19 heavy (non-hydrogen) atoms. The van der Waals surface area contributed by atoms with Gasteiger partial charge in [-0.15, -0.1) is 6.42 Å². The molecular formula is C15H19N3O. The van der Waals surface area contributed by atoms with Crippen LogP contribution in [-0.4, -0.2) is 23.5 Å². The van der Waals surface area contributed by atoms with E-state index in [1.807, 2.05) is 6.07 Å². The van der Waals surface area contributed by atoms with Crippen molar-refractivity contribution < 1.29 is 4.79 Å². The Morgan fingerprint density at radius 3 is 2.95 bits per heavy atom. The molecule has 2 atom stereocenters. The highest BCUT2D eigenvalue weighted by atomic mass is 16.1. The zero-order valence-electron chi connectivity index (χ0n) is 11.1. The molecule has 1 aromatic heterocycles. The summed E-state index contributed by atoms with van der Waals surface area (Å²) in [4.78, 5) is 15.9. The number of terminal acetylenes is 1. The van der Waals surface area contributed by atoms with Gasteiger partial charge in [0.15, 0.2) is 0 Å². The molecule has 1 aliphatic carbocycles. The highest BCUT2D eigenvalue weighted by Crippen LogP contribution is 2.26. The van der Waals surface area contributed by atoms with Crippen molar-refractivity contribution in [3.05, 3.63) is 23.9 Å². The highest BCUT2D eigenvalue weighted by molar-refractivity contribution is 5.94. The molecule has 1 aromatic rings. The third-order valence-corrected chi connectivity index (χ3v) is 3.42. The third-order valence-electron chi connectivity index (χ3n) is 3.42. The van der Waals surface area contributed by atoms with Gasteiger partial charge in [0.25, 0.3) is 5.91 Å². The lowest BCUT2D eigenvalue weighted by Gasteiger charge is -2.13. The van der Waals surface area contributed by atoms with Crippen LogP contribution >= 0.6 is 0 Å². The van der Waals surface area contributed by atoms with E-state index < -0.39 is 0 Å². The largest absolute Gasteiger partial charge is 0.367 e. The Labute approximate surface area is 114 Å². The number of hydrogen-bond acceptors (Lipinski definition) is 3. The SMILES string of the molecule is C#CCNC(=O)c1ccc(NC2CCC(C)C2)nc1. The van der Waals surface area contributed by atoms with E-state index in [2.05, 4.69) is 28.5 Å². The number of nitrogens with one attached hydrogen (secondary N) is 2. The van der Waals surface area contributed by atoms with Crippen LogP contribution in [0, 0.1) is 18.3 Å². The molecular weight excluding hydrogens is 238 g/mol. The minimum absolute atomic E-state index is 0.188. The van der Waals surface area contributed by atoms with E-state index >= 15 is 0 Å². The zero-order chi connectivity index (χ0) is 13.7. The van der Waals surface area contributed by atoms with Crippen molar-refractivity contribution in [3.63, 3.8) is 0 Å². The zero-order valence-corrected chi connectivity index (χ0v) is 11.1. The molecule has 1 amide bonds. The number of carbonyl (C=O) groups is 1. The summed E-state index contributed by atoms with van der Waals surface area (Å²) < 4.78 is 0. The Kier molecular flexibility index (Phi) is 4.40. The smallest absolute Gasteiger partial charge is 0.253 e. The van der Waals surface area contributed by atoms with E-state index in [0.29, 0.717) is 11.6 Å². The number of anilines is 1. The summed E-state index contributed by atoms with van der Waals surface area (Å²) in [5.74, 6) is 3.79. The van der Waals surface area contributed by atoms with E-state index in [9.17, 15) is 4.79 Å². The first-order valence-corrected chi connectivity index (χ1v) is 6.63. The topological polar surface area (TPSA) is 54.0 Å². The summed E-state index contributed by atoms with van der Waals surface area (Å²) >= 11 is 0. The van der Waals surface area contributed by atoms with Crippen LogP contribution in [0.15, 0.2) is 18.3 Å². The fourth-order valence-corrected chi connectivity index (χ4v) is 2.39. The molecule has 4 nitrogen and oxygen atoms in total. The van der Waals surface area contributed by atoms with Gasteiger partial charge in [0.1, 0.15) is 5.82 Å². The second-order valence-corrected chi connectivity index (χ2v) is 5.08. The minimum Gasteiger partial charge on any atom is -0.367 e. The van der Waals surface area contributed by atoms with E-state index in [0.717, 1.165) is 11.7 Å². The van der Waals surface area contributed by atoms with Gasteiger partial charge in [-0.25, -0.2) is 4.98 Å². The molecule has 2 N–H and O–H groups in total. The predicted molar refractivity (Wildman–Crippen MR) is 75.8 cm³/mol. The van der Waals surface area contributed by atoms with Crippen molar-refractivity contribution in [1.82, 2.24) is 10.3 Å². The third kappa shape index (κ3) is 3.72. The second-order valence-electron chi connectivity index (χ2n) is 5.08. The standard InChI is InChI=1S/C15H19N3O/c1-3-8-16-15(19)12-5-7-14(17-10-12)18-13-6-4-11(2)9-13/h1,5,7,10-11,13H,4,6,8-9H2,2H3,(H,16,19)(H,17,18). The maximum atomic E-state index is 11.6. The Bertz CT molecular complexity index is 475. The summed E-state index contributed by atoms with van der Waals surface area (Å²) in [6, 6.07) is 4.11. The van der Waals surface area contributed by atoms with Gasteiger partial charge in [0, 0.05) is 12.2 Å². The first kappa shape index (κ1) is 13.4. The summed E-state index contributed by atoms with van der Waals surface area (Å²) in [5, 5.41) is 6.02. The normalized spacial score (nSPS) is 21.7. The van der Waals surface area contributed by atoms with Crippen molar-refractivity contribution in [2.24, 2.45) is 5.92 Å². The van der Waals surface area contributed by atoms with Crippen LogP contribution in [-0.2, 0) is 0 Å². The van der Waals surface area contributed by atoms with Crippen LogP contribution in [0.3, 0.4) is 0 Å². The van der Waals surface area contributed by atoms with Crippen LogP contribution in [0.4, 0.5) is 5.82 Å². The van der Waals surface area contributed by atoms with Gasteiger partial charge in [-0.1, -0.05) is 12.8 Å². The van der Waals surface area contributed by atoms with Crippen LogP contribution in [0.25, 0.3) is 0 Å². The lowest BCUT2D eigenvalue weighted by atomic mass is 10.1. The quantitative estimate of drug-likeness (QED) is 0.812. The Hall–Kier alpha value is -2.02. The van der Waals surface area contributed by atoms with Crippen LogP contribution < -0.4 is 10.6 Å². The Morgan fingerprint density at radius 2 is 2.37 bits per heavy atom. The van der Waals surface area contributed by atoms with Gasteiger partial charge in [-0.2, -0.15) is 0 Å². The van der Waals surface area contributed by atoms with Crippen molar-refractivity contribution in [2.45, 2.75) is 32.2 Å². The van der Waals surface area contributed by atoms with E-state index in [4.69, 9.17) is 6.42 Å². The number of hydrogen-bond donors (Lipinski definition) is 2. The lowest BCUT2D eigenvalue weighted by Crippen LogP contribution is -2.23. The number of rotatable bonds is 4. The molecule has 1 fully saturated rings. The number of pyridine rings is 1. The first-order chi connectivity index (χ1) is 9.19. The van der Waals surface area contributed by atoms with E-state index in [1.54, 1.807) is 12.3 Å². The summed E-state index contributed by atoms with van der Waals surface area (Å²) in [6.07, 6.45) is 10.3. The molecule has 0 spiro atoms. The number of nitrogens with zero attached hydrogens (tertiary/aromatic N) is 1. The van der Waals surface area contributed by atoms with Gasteiger partial charge in [0.2, 0.25) is 0 Å². The molecule has 0 aromatic carbocycles. The Morgan fingerprint density at radius 1 is 1.53 bits per heavy atom. The van der Waals surface area contributed by atoms with Crippen LogP contribution in [0.5, 0.6) is 0 Å². The van der Waals surface area contributed by atoms with Gasteiger partial charge in [0.05, 0.1) is 12.1 Å². The maximum absolute atomic E-state index is 11.6. The Balaban J connectivity index is 1.91. The van der Waals surface area contributed by atoms with Crippen molar-refractivity contribution >= 4 is 11.7 Å². The highest BCUT2D eigenvalue weighted by Gasteiger charge is 2.21. The molecule has 2 unspecified atom stereocenters. The molecule has 100 valence electrons. The lowest BCUT2D eigenvalue weighted by molar-refractivity contribution is 0.0958. The van der Waals surface area contributed by atoms with Gasteiger partial charge < -0.3 is 10.6 Å². The average molecular weight is 257 g/mol. The van der Waals surface area contributed by atoms with Crippen molar-refractivity contribution in [2.75, 3.05) is 11.9 Å². The second kappa shape index (κ2) is 6.24. The molecule has 1 aliphatic rings. The molecule has 0 bridgehead atoms. The number of carbonyl (C=O) groups excluding carboxylic acids is 1. The monoisotopic (exact) mass is 257 g/mol. The molecule has 0 saturated heterocycles. The summed E-state index contributed by atoms with van der Waals surface area (Å²) in [7, 11) is 0. The van der Waals surface area contributed by atoms with Crippen LogP contribution in [0.2, 0.25) is 0 Å². The predicted octanol–water partition coefficient (Wildman–Crippen LogP) is 2.05. The number of amides is 1. The fraction of sp³-hybridized carbons (Fsp3) is 0.467. The molecule has 0 radical (unpaired) electrons. The maximum Gasteiger partial charge on any atom is 0.253 e. The van der Waals surface area contributed by atoms with Crippen molar-refractivity contribution in [3.8, 4) is 12.3 Å². The minimum atomic E-state index is -0.188. The molecule has 0 aliphatic heterocycles. The molecule has 2 rings (SSSR count). The van der Waals surface area contributed by atoms with Gasteiger partial charge in [-0.05, 0) is 37.3 Å². The number of aromatic nitrogens is 1. The summed E-state index contributed by atoms with van der Waals surface area (Å²) in [6.45, 7) is 2.51. The summed E-state index contributed by atoms with van der Waals surface area (Å²) in [5.41, 5.74) is 0.528. The molecule has 4 heteroatoms. The van der Waals surface area contributed by atoms with E-state index in [-0.39, 0.29) is 12.5 Å². The van der Waals surface area contributed by atoms with Crippen LogP contribution in [0.1, 0.15) is 36.5 Å². The first-order valence-electron chi connectivity index (χ1n) is 6.63. The molecule has 1 saturated carbocycles. The van der Waals surface area contributed by atoms with Gasteiger partial charge in [-0.3, -0.25) is 4.79 Å². The molecule has 1 heterocycles. The average Bonchev–Trinajstić information content (AvgIpc) is 2.82.